The van der Waals surface area contributed by atoms with Crippen molar-refractivity contribution < 1.29 is 9.53 Å². The van der Waals surface area contributed by atoms with Crippen LogP contribution in [0.1, 0.15) is 27.7 Å². The zero-order chi connectivity index (χ0) is 16.7. The fourth-order valence-corrected chi connectivity index (χ4v) is 1.53. The third-order valence-corrected chi connectivity index (χ3v) is 2.32. The van der Waals surface area contributed by atoms with Crippen LogP contribution in [0.4, 0.5) is 22.6 Å². The maximum absolute atomic E-state index is 11.8. The Kier molecular flexibility index (Phi) is 6.31. The third kappa shape index (κ3) is 5.05. The molecule has 1 heterocycles. The van der Waals surface area contributed by atoms with E-state index in [0.717, 1.165) is 4.90 Å². The fourth-order valence-electron chi connectivity index (χ4n) is 1.53. The number of carbonyl (C=O) groups excluding carboxylic acids is 1. The van der Waals surface area contributed by atoms with Crippen molar-refractivity contribution in [3.63, 3.8) is 0 Å². The molecule has 120 valence electrons. The number of nitrogens with zero attached hydrogens (tertiary/aromatic N) is 5. The molecule has 0 bridgehead atoms. The minimum atomic E-state index is -0.709. The predicted octanol–water partition coefficient (Wildman–Crippen LogP) is 1.61. The highest BCUT2D eigenvalue weighted by molar-refractivity contribution is 5.86. The summed E-state index contributed by atoms with van der Waals surface area (Å²) in [6.45, 7) is 7.52. The summed E-state index contributed by atoms with van der Waals surface area (Å²) in [5, 5.41) is 15.0. The molecule has 0 radical (unpaired) electrons. The summed E-state index contributed by atoms with van der Waals surface area (Å²) in [5.41, 5.74) is 0. The highest BCUT2D eigenvalue weighted by Crippen LogP contribution is 2.15. The molecule has 0 saturated carbocycles. The second-order valence-corrected chi connectivity index (χ2v) is 5.09. The van der Waals surface area contributed by atoms with Gasteiger partial charge >= 0.3 is 6.09 Å². The van der Waals surface area contributed by atoms with Gasteiger partial charge < -0.3 is 15.4 Å². The topological polar surface area (TPSA) is 116 Å². The van der Waals surface area contributed by atoms with Gasteiger partial charge in [0.1, 0.15) is 6.54 Å². The summed E-state index contributed by atoms with van der Waals surface area (Å²) < 4.78 is 4.66. The zero-order valence-corrected chi connectivity index (χ0v) is 13.4. The molecule has 1 amide bonds. The summed E-state index contributed by atoms with van der Waals surface area (Å²) >= 11 is 0. The quantitative estimate of drug-likeness (QED) is 0.761. The van der Waals surface area contributed by atoms with Gasteiger partial charge in [-0.25, -0.2) is 9.69 Å². The first-order chi connectivity index (χ1) is 10.4. The number of anilines is 3. The molecule has 0 spiro atoms. The van der Waals surface area contributed by atoms with E-state index in [-0.39, 0.29) is 24.6 Å². The Morgan fingerprint density at radius 3 is 2.05 bits per heavy atom. The van der Waals surface area contributed by atoms with E-state index in [4.69, 9.17) is 5.26 Å². The summed E-state index contributed by atoms with van der Waals surface area (Å²) in [5.74, 6) is 0.680. The number of carbonyl (C=O) groups is 1. The molecule has 0 aliphatic rings. The average molecular weight is 307 g/mol. The van der Waals surface area contributed by atoms with Gasteiger partial charge in [-0.05, 0) is 27.7 Å². The summed E-state index contributed by atoms with van der Waals surface area (Å²) in [7, 11) is 1.23. The van der Waals surface area contributed by atoms with Gasteiger partial charge in [-0.2, -0.15) is 20.2 Å². The van der Waals surface area contributed by atoms with E-state index in [1.165, 1.54) is 7.11 Å². The van der Waals surface area contributed by atoms with Crippen LogP contribution in [0.2, 0.25) is 0 Å². The van der Waals surface area contributed by atoms with Crippen LogP contribution in [-0.2, 0) is 4.74 Å². The number of methoxy groups -OCH3 is 1. The van der Waals surface area contributed by atoms with Gasteiger partial charge in [0.25, 0.3) is 0 Å². The van der Waals surface area contributed by atoms with Crippen LogP contribution in [0.3, 0.4) is 0 Å². The number of rotatable bonds is 6. The van der Waals surface area contributed by atoms with Crippen molar-refractivity contribution in [2.75, 3.05) is 29.2 Å². The van der Waals surface area contributed by atoms with Crippen LogP contribution in [0, 0.1) is 11.3 Å². The Morgan fingerprint density at radius 1 is 1.18 bits per heavy atom. The van der Waals surface area contributed by atoms with E-state index >= 15 is 0 Å². The molecule has 1 aromatic heterocycles. The maximum atomic E-state index is 11.8. The highest BCUT2D eigenvalue weighted by atomic mass is 16.5. The number of amides is 1. The monoisotopic (exact) mass is 307 g/mol. The van der Waals surface area contributed by atoms with Crippen LogP contribution < -0.4 is 15.5 Å². The fraction of sp³-hybridized carbons (Fsp3) is 0.615. The van der Waals surface area contributed by atoms with Gasteiger partial charge in [0.2, 0.25) is 17.8 Å². The maximum Gasteiger partial charge on any atom is 0.417 e. The summed E-state index contributed by atoms with van der Waals surface area (Å²) in [6.07, 6.45) is -0.709. The van der Waals surface area contributed by atoms with Gasteiger partial charge in [-0.1, -0.05) is 0 Å². The molecule has 1 rings (SSSR count). The smallest absolute Gasteiger partial charge is 0.417 e. The number of hydrogen-bond acceptors (Lipinski definition) is 8. The van der Waals surface area contributed by atoms with Gasteiger partial charge in [0, 0.05) is 12.1 Å². The summed E-state index contributed by atoms with van der Waals surface area (Å²) in [4.78, 5) is 25.4. The minimum Gasteiger partial charge on any atom is -0.452 e. The Balaban J connectivity index is 3.24. The number of aromatic nitrogens is 3. The van der Waals surface area contributed by atoms with Crippen LogP contribution in [-0.4, -0.2) is 46.8 Å². The first kappa shape index (κ1) is 17.4. The number of ether oxygens (including phenoxy) is 1. The van der Waals surface area contributed by atoms with Crippen molar-refractivity contribution in [1.29, 1.82) is 5.26 Å². The molecule has 0 saturated heterocycles. The number of nitrogens with one attached hydrogen (secondary N) is 2. The van der Waals surface area contributed by atoms with E-state index in [1.807, 2.05) is 33.8 Å². The Labute approximate surface area is 129 Å². The molecule has 1 aromatic rings. The lowest BCUT2D eigenvalue weighted by Crippen LogP contribution is -2.33. The number of hydrogen-bond donors (Lipinski definition) is 2. The standard InChI is InChI=1S/C13H21N7O2/c1-8(2)15-10-17-11(16-9(3)4)19-12(18-10)20(7-6-14)13(21)22-5/h8-9H,7H2,1-5H3,(H2,15,16,17,18,19). The van der Waals surface area contributed by atoms with E-state index in [1.54, 1.807) is 0 Å². The first-order valence-corrected chi connectivity index (χ1v) is 6.89. The molecular formula is C13H21N7O2. The van der Waals surface area contributed by atoms with Crippen molar-refractivity contribution in [3.05, 3.63) is 0 Å². The SMILES string of the molecule is COC(=O)N(CC#N)c1nc(NC(C)C)nc(NC(C)C)n1. The van der Waals surface area contributed by atoms with Gasteiger partial charge in [0.15, 0.2) is 0 Å². The largest absolute Gasteiger partial charge is 0.452 e. The molecule has 0 atom stereocenters. The van der Waals surface area contributed by atoms with E-state index in [2.05, 4.69) is 30.3 Å². The van der Waals surface area contributed by atoms with Crippen molar-refractivity contribution >= 4 is 23.9 Å². The average Bonchev–Trinajstić information content (AvgIpc) is 2.42. The summed E-state index contributed by atoms with van der Waals surface area (Å²) in [6, 6.07) is 2.09. The van der Waals surface area contributed by atoms with Crippen molar-refractivity contribution in [2.45, 2.75) is 39.8 Å². The zero-order valence-electron chi connectivity index (χ0n) is 13.4. The molecule has 22 heavy (non-hydrogen) atoms. The van der Waals surface area contributed by atoms with Gasteiger partial charge in [-0.15, -0.1) is 0 Å². The van der Waals surface area contributed by atoms with Crippen LogP contribution in [0.5, 0.6) is 0 Å². The molecule has 0 aromatic carbocycles. The van der Waals surface area contributed by atoms with Gasteiger partial charge in [0.05, 0.1) is 13.2 Å². The second kappa shape index (κ2) is 7.97. The van der Waals surface area contributed by atoms with E-state index in [0.29, 0.717) is 11.9 Å². The molecule has 2 N–H and O–H groups in total. The predicted molar refractivity (Wildman–Crippen MR) is 82.7 cm³/mol. The molecule has 9 nitrogen and oxygen atoms in total. The molecule has 0 unspecified atom stereocenters. The highest BCUT2D eigenvalue weighted by Gasteiger charge is 2.21. The lowest BCUT2D eigenvalue weighted by atomic mass is 10.4. The Morgan fingerprint density at radius 2 is 1.68 bits per heavy atom. The lowest BCUT2D eigenvalue weighted by Gasteiger charge is -2.18. The number of nitriles is 1. The van der Waals surface area contributed by atoms with Crippen molar-refractivity contribution in [3.8, 4) is 6.07 Å². The second-order valence-electron chi connectivity index (χ2n) is 5.09. The first-order valence-electron chi connectivity index (χ1n) is 6.89. The van der Waals surface area contributed by atoms with Crippen LogP contribution >= 0.6 is 0 Å². The molecule has 0 aliphatic carbocycles. The van der Waals surface area contributed by atoms with E-state index < -0.39 is 6.09 Å². The molecular weight excluding hydrogens is 286 g/mol. The third-order valence-electron chi connectivity index (χ3n) is 2.32. The molecule has 9 heteroatoms. The normalized spacial score (nSPS) is 10.3. The van der Waals surface area contributed by atoms with Gasteiger partial charge in [-0.3, -0.25) is 0 Å². The minimum absolute atomic E-state index is 0.0506. The lowest BCUT2D eigenvalue weighted by molar-refractivity contribution is 0.179. The van der Waals surface area contributed by atoms with E-state index in [9.17, 15) is 4.79 Å². The Bertz CT molecular complexity index is 526. The Hall–Kier alpha value is -2.63. The van der Waals surface area contributed by atoms with Crippen molar-refractivity contribution in [1.82, 2.24) is 15.0 Å². The van der Waals surface area contributed by atoms with Crippen molar-refractivity contribution in [2.24, 2.45) is 0 Å². The van der Waals surface area contributed by atoms with Crippen LogP contribution in [0.15, 0.2) is 0 Å². The molecule has 0 fully saturated rings. The van der Waals surface area contributed by atoms with Crippen LogP contribution in [0.25, 0.3) is 0 Å². The molecule has 0 aliphatic heterocycles.